The first-order valence-corrected chi connectivity index (χ1v) is 7.97. The van der Waals surface area contributed by atoms with Gasteiger partial charge in [0.15, 0.2) is 11.5 Å². The zero-order chi connectivity index (χ0) is 17.8. The molecular weight excluding hydrogens is 316 g/mol. The van der Waals surface area contributed by atoms with Gasteiger partial charge in [-0.2, -0.15) is 5.26 Å². The van der Waals surface area contributed by atoms with E-state index in [1.807, 2.05) is 38.1 Å². The van der Waals surface area contributed by atoms with Crippen LogP contribution in [0.3, 0.4) is 0 Å². The molecule has 1 amide bonds. The Morgan fingerprint density at radius 3 is 2.76 bits per heavy atom. The molecule has 1 heterocycles. The van der Waals surface area contributed by atoms with Gasteiger partial charge < -0.3 is 14.8 Å². The number of anilines is 1. The second-order valence-corrected chi connectivity index (χ2v) is 5.81. The summed E-state index contributed by atoms with van der Waals surface area (Å²) in [6.07, 6.45) is 1.52. The molecule has 0 fully saturated rings. The predicted molar refractivity (Wildman–Crippen MR) is 95.6 cm³/mol. The van der Waals surface area contributed by atoms with Crippen LogP contribution in [0.25, 0.3) is 6.08 Å². The quantitative estimate of drug-likeness (QED) is 0.687. The van der Waals surface area contributed by atoms with Gasteiger partial charge in [0.1, 0.15) is 24.9 Å². The normalized spacial score (nSPS) is 13.1. The second-order valence-electron chi connectivity index (χ2n) is 5.81. The van der Waals surface area contributed by atoms with Crippen molar-refractivity contribution in [3.63, 3.8) is 0 Å². The number of fused-ring (bicyclic) bond motifs is 1. The standard InChI is InChI=1S/C20H18N2O3/c1-13-6-7-17(14(2)10-13)22-20(23)16(12-21)11-15-4-3-5-18-19(15)25-9-8-24-18/h3-7,10-11H,8-9H2,1-2H3,(H,22,23)/b16-11-. The number of carbonyl (C=O) groups is 1. The molecule has 5 nitrogen and oxygen atoms in total. The first kappa shape index (κ1) is 16.6. The number of para-hydroxylation sites is 1. The largest absolute Gasteiger partial charge is 0.486 e. The van der Waals surface area contributed by atoms with Crippen LogP contribution in [-0.2, 0) is 4.79 Å². The summed E-state index contributed by atoms with van der Waals surface area (Å²) >= 11 is 0. The molecule has 3 rings (SSSR count). The lowest BCUT2D eigenvalue weighted by molar-refractivity contribution is -0.112. The molecule has 126 valence electrons. The maximum absolute atomic E-state index is 12.5. The molecule has 1 aliphatic heterocycles. The lowest BCUT2D eigenvalue weighted by atomic mass is 10.1. The van der Waals surface area contributed by atoms with E-state index in [0.29, 0.717) is 36.0 Å². The Bertz CT molecular complexity index is 894. The van der Waals surface area contributed by atoms with Crippen molar-refractivity contribution in [1.82, 2.24) is 0 Å². The van der Waals surface area contributed by atoms with E-state index in [9.17, 15) is 10.1 Å². The molecule has 2 aromatic carbocycles. The van der Waals surface area contributed by atoms with E-state index in [1.165, 1.54) is 6.08 Å². The lowest BCUT2D eigenvalue weighted by Crippen LogP contribution is -2.16. The predicted octanol–water partition coefficient (Wildman–Crippen LogP) is 3.62. The van der Waals surface area contributed by atoms with Crippen LogP contribution in [0.1, 0.15) is 16.7 Å². The minimum atomic E-state index is -0.455. The molecule has 0 aromatic heterocycles. The molecule has 0 spiro atoms. The summed E-state index contributed by atoms with van der Waals surface area (Å²) in [6, 6.07) is 13.1. The number of carbonyl (C=O) groups excluding carboxylic acids is 1. The Labute approximate surface area is 146 Å². The molecule has 5 heteroatoms. The highest BCUT2D eigenvalue weighted by atomic mass is 16.6. The third-order valence-electron chi connectivity index (χ3n) is 3.89. The fourth-order valence-electron chi connectivity index (χ4n) is 2.66. The number of aryl methyl sites for hydroxylation is 2. The summed E-state index contributed by atoms with van der Waals surface area (Å²) in [6.45, 7) is 4.82. The van der Waals surface area contributed by atoms with Crippen molar-refractivity contribution < 1.29 is 14.3 Å². The minimum Gasteiger partial charge on any atom is -0.486 e. The van der Waals surface area contributed by atoms with E-state index < -0.39 is 5.91 Å². The van der Waals surface area contributed by atoms with Gasteiger partial charge in [-0.25, -0.2) is 0 Å². The summed E-state index contributed by atoms with van der Waals surface area (Å²) in [7, 11) is 0. The molecule has 2 aromatic rings. The van der Waals surface area contributed by atoms with Gasteiger partial charge in [0, 0.05) is 11.3 Å². The Hall–Kier alpha value is -3.26. The van der Waals surface area contributed by atoms with Gasteiger partial charge in [0.05, 0.1) is 0 Å². The Morgan fingerprint density at radius 1 is 1.20 bits per heavy atom. The number of nitrogens with zero attached hydrogens (tertiary/aromatic N) is 1. The van der Waals surface area contributed by atoms with Crippen LogP contribution in [-0.4, -0.2) is 19.1 Å². The van der Waals surface area contributed by atoms with Gasteiger partial charge in [-0.15, -0.1) is 0 Å². The van der Waals surface area contributed by atoms with E-state index in [-0.39, 0.29) is 5.57 Å². The average Bonchev–Trinajstić information content (AvgIpc) is 2.62. The van der Waals surface area contributed by atoms with Crippen molar-refractivity contribution in [3.8, 4) is 17.6 Å². The van der Waals surface area contributed by atoms with Crippen LogP contribution in [0.5, 0.6) is 11.5 Å². The molecule has 0 saturated carbocycles. The molecular formula is C20H18N2O3. The first-order chi connectivity index (χ1) is 12.1. The highest BCUT2D eigenvalue weighted by Gasteiger charge is 2.17. The lowest BCUT2D eigenvalue weighted by Gasteiger charge is -2.19. The maximum Gasteiger partial charge on any atom is 0.266 e. The van der Waals surface area contributed by atoms with Crippen LogP contribution in [0, 0.1) is 25.2 Å². The second kappa shape index (κ2) is 7.10. The Morgan fingerprint density at radius 2 is 2.00 bits per heavy atom. The van der Waals surface area contributed by atoms with Crippen LogP contribution in [0.15, 0.2) is 42.0 Å². The number of hydrogen-bond donors (Lipinski definition) is 1. The number of nitriles is 1. The first-order valence-electron chi connectivity index (χ1n) is 7.97. The van der Waals surface area contributed by atoms with Crippen molar-refractivity contribution >= 4 is 17.7 Å². The summed E-state index contributed by atoms with van der Waals surface area (Å²) in [5.41, 5.74) is 3.39. The number of ether oxygens (including phenoxy) is 2. The van der Waals surface area contributed by atoms with Gasteiger partial charge in [-0.1, -0.05) is 29.8 Å². The van der Waals surface area contributed by atoms with Crippen molar-refractivity contribution in [2.45, 2.75) is 13.8 Å². The Kier molecular flexibility index (Phi) is 4.71. The van der Waals surface area contributed by atoms with Crippen molar-refractivity contribution in [2.24, 2.45) is 0 Å². The minimum absolute atomic E-state index is 0.00236. The molecule has 0 bridgehead atoms. The van der Waals surface area contributed by atoms with Crippen LogP contribution in [0.2, 0.25) is 0 Å². The molecule has 1 N–H and O–H groups in total. The number of nitrogens with one attached hydrogen (secondary N) is 1. The van der Waals surface area contributed by atoms with E-state index in [1.54, 1.807) is 18.2 Å². The smallest absolute Gasteiger partial charge is 0.266 e. The number of benzene rings is 2. The zero-order valence-corrected chi connectivity index (χ0v) is 14.1. The maximum atomic E-state index is 12.5. The highest BCUT2D eigenvalue weighted by molar-refractivity contribution is 6.10. The molecule has 0 unspecified atom stereocenters. The third-order valence-corrected chi connectivity index (χ3v) is 3.89. The molecule has 0 atom stereocenters. The zero-order valence-electron chi connectivity index (χ0n) is 14.1. The van der Waals surface area contributed by atoms with Crippen molar-refractivity contribution in [1.29, 1.82) is 5.26 Å². The molecule has 1 aliphatic rings. The van der Waals surface area contributed by atoms with Gasteiger partial charge in [0.25, 0.3) is 5.91 Å². The monoisotopic (exact) mass is 334 g/mol. The fraction of sp³-hybridized carbons (Fsp3) is 0.200. The molecule has 0 aliphatic carbocycles. The Balaban J connectivity index is 1.88. The van der Waals surface area contributed by atoms with Crippen molar-refractivity contribution in [3.05, 3.63) is 58.7 Å². The van der Waals surface area contributed by atoms with E-state index in [2.05, 4.69) is 5.32 Å². The van der Waals surface area contributed by atoms with Crippen LogP contribution >= 0.6 is 0 Å². The summed E-state index contributed by atoms with van der Waals surface area (Å²) < 4.78 is 11.1. The summed E-state index contributed by atoms with van der Waals surface area (Å²) in [5.74, 6) is 0.719. The van der Waals surface area contributed by atoms with E-state index in [4.69, 9.17) is 9.47 Å². The van der Waals surface area contributed by atoms with E-state index >= 15 is 0 Å². The van der Waals surface area contributed by atoms with Gasteiger partial charge in [0.2, 0.25) is 0 Å². The van der Waals surface area contributed by atoms with E-state index in [0.717, 1.165) is 11.1 Å². The van der Waals surface area contributed by atoms with Crippen LogP contribution in [0.4, 0.5) is 5.69 Å². The van der Waals surface area contributed by atoms with Crippen LogP contribution < -0.4 is 14.8 Å². The third kappa shape index (κ3) is 3.64. The SMILES string of the molecule is Cc1ccc(NC(=O)/C(C#N)=C\c2cccc3c2OCCO3)c(C)c1. The summed E-state index contributed by atoms with van der Waals surface area (Å²) in [4.78, 5) is 12.5. The van der Waals surface area contributed by atoms with Gasteiger partial charge >= 0.3 is 0 Å². The fourth-order valence-corrected chi connectivity index (χ4v) is 2.66. The van der Waals surface area contributed by atoms with Gasteiger partial charge in [-0.05, 0) is 37.6 Å². The molecule has 0 radical (unpaired) electrons. The number of rotatable bonds is 3. The topological polar surface area (TPSA) is 71.4 Å². The average molecular weight is 334 g/mol. The molecule has 0 saturated heterocycles. The number of hydrogen-bond acceptors (Lipinski definition) is 4. The number of amides is 1. The summed E-state index contributed by atoms with van der Waals surface area (Å²) in [5, 5.41) is 12.2. The van der Waals surface area contributed by atoms with Crippen molar-refractivity contribution in [2.75, 3.05) is 18.5 Å². The molecule has 25 heavy (non-hydrogen) atoms. The highest BCUT2D eigenvalue weighted by Crippen LogP contribution is 2.34. The van der Waals surface area contributed by atoms with Gasteiger partial charge in [-0.3, -0.25) is 4.79 Å².